The highest BCUT2D eigenvalue weighted by Crippen LogP contribution is 2.38. The number of nitrogens with one attached hydrogen (secondary N) is 2. The maximum Gasteiger partial charge on any atom is 0.287 e. The first-order chi connectivity index (χ1) is 9.22. The zero-order chi connectivity index (χ0) is 13.2. The van der Waals surface area contributed by atoms with Gasteiger partial charge in [0.25, 0.3) is 5.91 Å². The maximum atomic E-state index is 11.7. The number of aromatic nitrogens is 4. The van der Waals surface area contributed by atoms with Gasteiger partial charge in [-0.25, -0.2) is 4.98 Å². The van der Waals surface area contributed by atoms with Crippen LogP contribution in [0.1, 0.15) is 46.8 Å². The maximum absolute atomic E-state index is 11.7. The monoisotopic (exact) mass is 261 g/mol. The Bertz CT molecular complexity index is 584. The van der Waals surface area contributed by atoms with Crippen LogP contribution in [0.15, 0.2) is 10.7 Å². The molecule has 3 rings (SSSR count). The second kappa shape index (κ2) is 4.83. The summed E-state index contributed by atoms with van der Waals surface area (Å²) < 4.78 is 5.12. The van der Waals surface area contributed by atoms with Crippen LogP contribution < -0.4 is 5.32 Å². The van der Waals surface area contributed by atoms with E-state index in [0.29, 0.717) is 30.6 Å². The quantitative estimate of drug-likeness (QED) is 0.835. The molecular formula is C12H15N5O2. The van der Waals surface area contributed by atoms with Crippen LogP contribution in [0.25, 0.3) is 0 Å². The lowest BCUT2D eigenvalue weighted by Crippen LogP contribution is -2.26. The van der Waals surface area contributed by atoms with Gasteiger partial charge in [0, 0.05) is 30.8 Å². The lowest BCUT2D eigenvalue weighted by Gasteiger charge is -1.99. The molecule has 1 fully saturated rings. The van der Waals surface area contributed by atoms with Crippen LogP contribution in [0, 0.1) is 6.92 Å². The van der Waals surface area contributed by atoms with Gasteiger partial charge in [0.05, 0.1) is 0 Å². The van der Waals surface area contributed by atoms with E-state index in [-0.39, 0.29) is 5.91 Å². The zero-order valence-corrected chi connectivity index (χ0v) is 10.6. The number of carbonyl (C=O) groups is 1. The van der Waals surface area contributed by atoms with E-state index in [0.717, 1.165) is 24.4 Å². The molecule has 1 aliphatic rings. The molecule has 100 valence electrons. The molecule has 1 saturated carbocycles. The number of hydrogen-bond acceptors (Lipinski definition) is 5. The van der Waals surface area contributed by atoms with Crippen LogP contribution in [0.4, 0.5) is 0 Å². The van der Waals surface area contributed by atoms with Crippen LogP contribution in [-0.4, -0.2) is 32.6 Å². The summed E-state index contributed by atoms with van der Waals surface area (Å²) in [5.74, 6) is 1.94. The summed E-state index contributed by atoms with van der Waals surface area (Å²) in [5.41, 5.74) is 0.858. The minimum absolute atomic E-state index is 0.227. The van der Waals surface area contributed by atoms with Crippen molar-refractivity contribution >= 4 is 5.91 Å². The van der Waals surface area contributed by atoms with Crippen LogP contribution in [0.2, 0.25) is 0 Å². The summed E-state index contributed by atoms with van der Waals surface area (Å²) in [7, 11) is 0. The molecule has 1 amide bonds. The topological polar surface area (TPSA) is 96.7 Å². The fourth-order valence-electron chi connectivity index (χ4n) is 1.77. The summed E-state index contributed by atoms with van der Waals surface area (Å²) in [6.07, 6.45) is 4.45. The van der Waals surface area contributed by atoms with E-state index in [1.165, 1.54) is 0 Å². The van der Waals surface area contributed by atoms with Gasteiger partial charge in [-0.2, -0.15) is 4.98 Å². The number of rotatable bonds is 5. The standard InChI is InChI=1S/C12H15N5O2/c1-7-6-14-11(15-7)12(18)13-5-4-9-16-10(17-19-9)8-2-3-8/h6,8H,2-5H2,1H3,(H,13,18)(H,14,15). The zero-order valence-electron chi connectivity index (χ0n) is 10.6. The molecule has 0 radical (unpaired) electrons. The van der Waals surface area contributed by atoms with Crippen molar-refractivity contribution in [1.82, 2.24) is 25.4 Å². The molecule has 0 unspecified atom stereocenters. The number of hydrogen-bond donors (Lipinski definition) is 2. The minimum atomic E-state index is -0.227. The fourth-order valence-corrected chi connectivity index (χ4v) is 1.77. The molecule has 7 nitrogen and oxygen atoms in total. The predicted molar refractivity (Wildman–Crippen MR) is 65.6 cm³/mol. The van der Waals surface area contributed by atoms with E-state index in [1.54, 1.807) is 6.20 Å². The number of imidazole rings is 1. The Hall–Kier alpha value is -2.18. The van der Waals surface area contributed by atoms with Crippen molar-refractivity contribution in [3.8, 4) is 0 Å². The van der Waals surface area contributed by atoms with Gasteiger partial charge in [0.15, 0.2) is 11.6 Å². The van der Waals surface area contributed by atoms with E-state index in [4.69, 9.17) is 4.52 Å². The second-order valence-electron chi connectivity index (χ2n) is 4.74. The van der Waals surface area contributed by atoms with E-state index < -0.39 is 0 Å². The molecular weight excluding hydrogens is 246 g/mol. The largest absolute Gasteiger partial charge is 0.349 e. The molecule has 2 aromatic heterocycles. The molecule has 0 aliphatic heterocycles. The van der Waals surface area contributed by atoms with Gasteiger partial charge in [-0.05, 0) is 19.8 Å². The third-order valence-corrected chi connectivity index (χ3v) is 2.97. The predicted octanol–water partition coefficient (Wildman–Crippen LogP) is 0.951. The highest BCUT2D eigenvalue weighted by Gasteiger charge is 2.28. The van der Waals surface area contributed by atoms with Gasteiger partial charge in [0.2, 0.25) is 5.89 Å². The lowest BCUT2D eigenvalue weighted by atomic mass is 10.4. The Labute approximate surface area is 109 Å². The Morgan fingerprint density at radius 3 is 3.11 bits per heavy atom. The third kappa shape index (κ3) is 2.81. The van der Waals surface area contributed by atoms with Crippen molar-refractivity contribution in [3.05, 3.63) is 29.4 Å². The Morgan fingerprint density at radius 2 is 2.42 bits per heavy atom. The number of H-pyrrole nitrogens is 1. The Morgan fingerprint density at radius 1 is 1.58 bits per heavy atom. The van der Waals surface area contributed by atoms with E-state index in [9.17, 15) is 4.79 Å². The molecule has 19 heavy (non-hydrogen) atoms. The van der Waals surface area contributed by atoms with Crippen molar-refractivity contribution in [2.45, 2.75) is 32.1 Å². The summed E-state index contributed by atoms with van der Waals surface area (Å²) >= 11 is 0. The molecule has 1 aliphatic carbocycles. The molecule has 2 heterocycles. The number of aromatic amines is 1. The Balaban J connectivity index is 1.48. The van der Waals surface area contributed by atoms with Gasteiger partial charge in [-0.3, -0.25) is 4.79 Å². The highest BCUT2D eigenvalue weighted by molar-refractivity contribution is 5.90. The smallest absolute Gasteiger partial charge is 0.287 e. The average molecular weight is 261 g/mol. The minimum Gasteiger partial charge on any atom is -0.349 e. The van der Waals surface area contributed by atoms with Crippen LogP contribution in [0.3, 0.4) is 0 Å². The van der Waals surface area contributed by atoms with Crippen molar-refractivity contribution < 1.29 is 9.32 Å². The number of amides is 1. The van der Waals surface area contributed by atoms with E-state index in [2.05, 4.69) is 25.4 Å². The van der Waals surface area contributed by atoms with Crippen molar-refractivity contribution in [2.24, 2.45) is 0 Å². The van der Waals surface area contributed by atoms with Gasteiger partial charge in [0.1, 0.15) is 0 Å². The SMILES string of the molecule is Cc1cnc(C(=O)NCCc2nc(C3CC3)no2)[nH]1. The van der Waals surface area contributed by atoms with Gasteiger partial charge < -0.3 is 14.8 Å². The fraction of sp³-hybridized carbons (Fsp3) is 0.500. The molecule has 0 aromatic carbocycles. The molecule has 0 bridgehead atoms. The number of aryl methyl sites for hydroxylation is 1. The number of carbonyl (C=O) groups excluding carboxylic acids is 1. The Kier molecular flexibility index (Phi) is 3.02. The van der Waals surface area contributed by atoms with Crippen LogP contribution in [-0.2, 0) is 6.42 Å². The van der Waals surface area contributed by atoms with E-state index >= 15 is 0 Å². The van der Waals surface area contributed by atoms with Gasteiger partial charge in [-0.1, -0.05) is 5.16 Å². The molecule has 7 heteroatoms. The lowest BCUT2D eigenvalue weighted by molar-refractivity contribution is 0.0944. The van der Waals surface area contributed by atoms with E-state index in [1.807, 2.05) is 6.92 Å². The molecule has 2 aromatic rings. The molecule has 0 atom stereocenters. The summed E-state index contributed by atoms with van der Waals surface area (Å²) in [6, 6.07) is 0. The molecule has 0 spiro atoms. The van der Waals surface area contributed by atoms with Crippen molar-refractivity contribution in [3.63, 3.8) is 0 Å². The summed E-state index contributed by atoms with van der Waals surface area (Å²) in [6.45, 7) is 2.30. The second-order valence-corrected chi connectivity index (χ2v) is 4.74. The number of nitrogens with zero attached hydrogens (tertiary/aromatic N) is 3. The average Bonchev–Trinajstić information content (AvgIpc) is 2.98. The summed E-state index contributed by atoms with van der Waals surface area (Å²) in [4.78, 5) is 22.8. The highest BCUT2D eigenvalue weighted by atomic mass is 16.5. The van der Waals surface area contributed by atoms with Gasteiger partial charge in [-0.15, -0.1) is 0 Å². The molecule has 2 N–H and O–H groups in total. The van der Waals surface area contributed by atoms with Gasteiger partial charge >= 0.3 is 0 Å². The van der Waals surface area contributed by atoms with Crippen molar-refractivity contribution in [2.75, 3.05) is 6.54 Å². The van der Waals surface area contributed by atoms with Crippen LogP contribution >= 0.6 is 0 Å². The first-order valence-corrected chi connectivity index (χ1v) is 6.34. The first-order valence-electron chi connectivity index (χ1n) is 6.34. The van der Waals surface area contributed by atoms with Crippen molar-refractivity contribution in [1.29, 1.82) is 0 Å². The summed E-state index contributed by atoms with van der Waals surface area (Å²) in [5, 5.41) is 6.67. The van der Waals surface area contributed by atoms with Crippen LogP contribution in [0.5, 0.6) is 0 Å². The molecule has 0 saturated heterocycles. The first kappa shape index (κ1) is 11.9. The third-order valence-electron chi connectivity index (χ3n) is 2.97. The normalized spacial score (nSPS) is 14.6.